The fourth-order valence-corrected chi connectivity index (χ4v) is 1.87. The molecule has 0 saturated carbocycles. The summed E-state index contributed by atoms with van der Waals surface area (Å²) < 4.78 is 0. The van der Waals surface area contributed by atoms with Gasteiger partial charge in [0.05, 0.1) is 11.7 Å². The summed E-state index contributed by atoms with van der Waals surface area (Å²) in [6.45, 7) is 5.36. The maximum atomic E-state index is 4.37. The summed E-state index contributed by atoms with van der Waals surface area (Å²) in [7, 11) is 0. The van der Waals surface area contributed by atoms with Gasteiger partial charge in [-0.2, -0.15) is 0 Å². The van der Waals surface area contributed by atoms with Crippen molar-refractivity contribution in [2.45, 2.75) is 52.0 Å². The van der Waals surface area contributed by atoms with Crippen molar-refractivity contribution in [2.24, 2.45) is 0 Å². The first-order valence-corrected chi connectivity index (χ1v) is 6.37. The van der Waals surface area contributed by atoms with E-state index in [4.69, 9.17) is 0 Å². The Kier molecular flexibility index (Phi) is 6.74. The van der Waals surface area contributed by atoms with Crippen molar-refractivity contribution in [3.05, 3.63) is 24.3 Å². The van der Waals surface area contributed by atoms with Gasteiger partial charge in [-0.05, 0) is 13.0 Å². The maximum Gasteiger partial charge on any atom is 0.0756 e. The summed E-state index contributed by atoms with van der Waals surface area (Å²) in [6.07, 6.45) is 11.7. The second-order valence-corrected chi connectivity index (χ2v) is 4.09. The van der Waals surface area contributed by atoms with Gasteiger partial charge >= 0.3 is 0 Å². The molecular formula is C13H23N3. The predicted octanol–water partition coefficient (Wildman–Crippen LogP) is 3.10. The van der Waals surface area contributed by atoms with Gasteiger partial charge in [0, 0.05) is 18.6 Å². The largest absolute Gasteiger partial charge is 0.309 e. The zero-order valence-electron chi connectivity index (χ0n) is 10.4. The molecule has 1 N–H and O–H groups in total. The van der Waals surface area contributed by atoms with Crippen molar-refractivity contribution in [3.8, 4) is 0 Å². The van der Waals surface area contributed by atoms with E-state index >= 15 is 0 Å². The van der Waals surface area contributed by atoms with Crippen LogP contribution in [-0.4, -0.2) is 16.5 Å². The number of nitrogens with zero attached hydrogens (tertiary/aromatic N) is 2. The highest BCUT2D eigenvalue weighted by Crippen LogP contribution is 2.17. The minimum Gasteiger partial charge on any atom is -0.309 e. The Bertz CT molecular complexity index is 261. The monoisotopic (exact) mass is 221 g/mol. The van der Waals surface area contributed by atoms with Gasteiger partial charge < -0.3 is 5.32 Å². The molecule has 0 aliphatic heterocycles. The van der Waals surface area contributed by atoms with Crippen LogP contribution < -0.4 is 5.32 Å². The van der Waals surface area contributed by atoms with Crippen LogP contribution in [-0.2, 0) is 0 Å². The SMILES string of the molecule is CCCCCCC(NCC)c1cnccn1. The van der Waals surface area contributed by atoms with Crippen LogP contribution in [0.1, 0.15) is 57.7 Å². The molecule has 0 radical (unpaired) electrons. The molecule has 1 heterocycles. The zero-order chi connectivity index (χ0) is 11.6. The normalized spacial score (nSPS) is 12.6. The van der Waals surface area contributed by atoms with E-state index in [0.717, 1.165) is 18.7 Å². The average molecular weight is 221 g/mol. The van der Waals surface area contributed by atoms with Crippen molar-refractivity contribution in [3.63, 3.8) is 0 Å². The van der Waals surface area contributed by atoms with E-state index in [-0.39, 0.29) is 0 Å². The van der Waals surface area contributed by atoms with Gasteiger partial charge in [0.25, 0.3) is 0 Å². The fourth-order valence-electron chi connectivity index (χ4n) is 1.87. The Morgan fingerprint density at radius 1 is 1.19 bits per heavy atom. The molecule has 0 saturated heterocycles. The van der Waals surface area contributed by atoms with Gasteiger partial charge in [-0.3, -0.25) is 9.97 Å². The first-order valence-electron chi connectivity index (χ1n) is 6.37. The van der Waals surface area contributed by atoms with Crippen LogP contribution in [0.4, 0.5) is 0 Å². The van der Waals surface area contributed by atoms with Crippen molar-refractivity contribution < 1.29 is 0 Å². The summed E-state index contributed by atoms with van der Waals surface area (Å²) in [5.41, 5.74) is 1.07. The lowest BCUT2D eigenvalue weighted by molar-refractivity contribution is 0.471. The van der Waals surface area contributed by atoms with Gasteiger partial charge in [-0.25, -0.2) is 0 Å². The number of unbranched alkanes of at least 4 members (excludes halogenated alkanes) is 3. The molecular weight excluding hydrogens is 198 g/mol. The van der Waals surface area contributed by atoms with E-state index in [0.29, 0.717) is 6.04 Å². The molecule has 0 amide bonds. The summed E-state index contributed by atoms with van der Waals surface area (Å²) in [5, 5.41) is 3.47. The van der Waals surface area contributed by atoms with E-state index in [9.17, 15) is 0 Å². The Labute approximate surface area is 98.7 Å². The molecule has 16 heavy (non-hydrogen) atoms. The van der Waals surface area contributed by atoms with Crippen molar-refractivity contribution >= 4 is 0 Å². The summed E-state index contributed by atoms with van der Waals surface area (Å²) >= 11 is 0. The van der Waals surface area contributed by atoms with Crippen LogP contribution in [0.5, 0.6) is 0 Å². The molecule has 1 aromatic heterocycles. The molecule has 0 aliphatic carbocycles. The standard InChI is InChI=1S/C13H23N3/c1-3-5-6-7-8-12(15-4-2)13-11-14-9-10-16-13/h9-12,15H,3-8H2,1-2H3. The third-order valence-electron chi connectivity index (χ3n) is 2.74. The molecule has 0 spiro atoms. The van der Waals surface area contributed by atoms with Crippen molar-refractivity contribution in [1.82, 2.24) is 15.3 Å². The smallest absolute Gasteiger partial charge is 0.0756 e. The second-order valence-electron chi connectivity index (χ2n) is 4.09. The maximum absolute atomic E-state index is 4.37. The fraction of sp³-hybridized carbons (Fsp3) is 0.692. The molecule has 3 heteroatoms. The quantitative estimate of drug-likeness (QED) is 0.685. The molecule has 0 aromatic carbocycles. The highest BCUT2D eigenvalue weighted by Gasteiger charge is 2.10. The molecule has 90 valence electrons. The summed E-state index contributed by atoms with van der Waals surface area (Å²) in [4.78, 5) is 8.50. The number of aromatic nitrogens is 2. The highest BCUT2D eigenvalue weighted by molar-refractivity contribution is 5.01. The van der Waals surface area contributed by atoms with Crippen molar-refractivity contribution in [2.75, 3.05) is 6.54 Å². The van der Waals surface area contributed by atoms with E-state index in [1.54, 1.807) is 12.4 Å². The van der Waals surface area contributed by atoms with E-state index in [1.165, 1.54) is 25.7 Å². The second kappa shape index (κ2) is 8.22. The first kappa shape index (κ1) is 13.1. The molecule has 3 nitrogen and oxygen atoms in total. The Hall–Kier alpha value is -0.960. The minimum absolute atomic E-state index is 0.371. The van der Waals surface area contributed by atoms with E-state index in [2.05, 4.69) is 29.1 Å². The van der Waals surface area contributed by atoms with Crippen LogP contribution >= 0.6 is 0 Å². The van der Waals surface area contributed by atoms with Crippen molar-refractivity contribution in [1.29, 1.82) is 0 Å². The van der Waals surface area contributed by atoms with Gasteiger partial charge in [-0.15, -0.1) is 0 Å². The van der Waals surface area contributed by atoms with Crippen LogP contribution in [0.2, 0.25) is 0 Å². The molecule has 0 aliphatic rings. The molecule has 0 bridgehead atoms. The lowest BCUT2D eigenvalue weighted by Crippen LogP contribution is -2.21. The third kappa shape index (κ3) is 4.71. The van der Waals surface area contributed by atoms with Crippen LogP contribution in [0.3, 0.4) is 0 Å². The third-order valence-corrected chi connectivity index (χ3v) is 2.74. The van der Waals surface area contributed by atoms with Crippen LogP contribution in [0.25, 0.3) is 0 Å². The lowest BCUT2D eigenvalue weighted by Gasteiger charge is -2.16. The summed E-state index contributed by atoms with van der Waals surface area (Å²) in [6, 6.07) is 0.371. The average Bonchev–Trinajstić information content (AvgIpc) is 2.34. The van der Waals surface area contributed by atoms with E-state index < -0.39 is 0 Å². The lowest BCUT2D eigenvalue weighted by atomic mass is 10.0. The molecule has 1 atom stereocenters. The molecule has 1 unspecified atom stereocenters. The number of rotatable bonds is 8. The molecule has 1 rings (SSSR count). The molecule has 1 aromatic rings. The predicted molar refractivity (Wildman–Crippen MR) is 67.2 cm³/mol. The Balaban J connectivity index is 2.41. The van der Waals surface area contributed by atoms with Gasteiger partial charge in [0.2, 0.25) is 0 Å². The first-order chi connectivity index (χ1) is 7.88. The summed E-state index contributed by atoms with van der Waals surface area (Å²) in [5.74, 6) is 0. The minimum atomic E-state index is 0.371. The van der Waals surface area contributed by atoms with Crippen LogP contribution in [0.15, 0.2) is 18.6 Å². The Morgan fingerprint density at radius 2 is 2.06 bits per heavy atom. The highest BCUT2D eigenvalue weighted by atomic mass is 14.9. The number of hydrogen-bond acceptors (Lipinski definition) is 3. The topological polar surface area (TPSA) is 37.8 Å². The number of hydrogen-bond donors (Lipinski definition) is 1. The zero-order valence-corrected chi connectivity index (χ0v) is 10.4. The van der Waals surface area contributed by atoms with E-state index in [1.807, 2.05) is 6.20 Å². The Morgan fingerprint density at radius 3 is 2.69 bits per heavy atom. The van der Waals surface area contributed by atoms with Gasteiger partial charge in [-0.1, -0.05) is 39.5 Å². The van der Waals surface area contributed by atoms with Gasteiger partial charge in [0.1, 0.15) is 0 Å². The van der Waals surface area contributed by atoms with Gasteiger partial charge in [0.15, 0.2) is 0 Å². The molecule has 0 fully saturated rings. The van der Waals surface area contributed by atoms with Crippen LogP contribution in [0, 0.1) is 0 Å². The number of nitrogens with one attached hydrogen (secondary N) is 1.